The van der Waals surface area contributed by atoms with Gasteiger partial charge in [-0.2, -0.15) is 0 Å². The molecule has 2 unspecified atom stereocenters. The molecular weight excluding hydrogens is 226 g/mol. The Morgan fingerprint density at radius 1 is 1.44 bits per heavy atom. The molecule has 0 amide bonds. The number of rotatable bonds is 5. The highest BCUT2D eigenvalue weighted by Gasteiger charge is 2.21. The number of ether oxygens (including phenoxy) is 2. The Morgan fingerprint density at radius 2 is 2.33 bits per heavy atom. The molecule has 1 aromatic carbocycles. The van der Waals surface area contributed by atoms with Crippen molar-refractivity contribution in [1.82, 2.24) is 0 Å². The van der Waals surface area contributed by atoms with Crippen molar-refractivity contribution in [3.05, 3.63) is 24.3 Å². The summed E-state index contributed by atoms with van der Waals surface area (Å²) in [5.41, 5.74) is 1.14. The summed E-state index contributed by atoms with van der Waals surface area (Å²) in [5.74, 6) is 0.900. The lowest BCUT2D eigenvalue weighted by Crippen LogP contribution is -2.33. The summed E-state index contributed by atoms with van der Waals surface area (Å²) < 4.78 is 11.0. The molecule has 2 atom stereocenters. The first-order valence-corrected chi connectivity index (χ1v) is 6.84. The zero-order valence-corrected chi connectivity index (χ0v) is 11.3. The van der Waals surface area contributed by atoms with Crippen LogP contribution in [0.15, 0.2) is 24.3 Å². The largest absolute Gasteiger partial charge is 0.497 e. The highest BCUT2D eigenvalue weighted by Crippen LogP contribution is 2.23. The molecule has 2 rings (SSSR count). The lowest BCUT2D eigenvalue weighted by molar-refractivity contribution is 0.00598. The molecule has 1 aliphatic heterocycles. The molecule has 0 aliphatic carbocycles. The molecule has 100 valence electrons. The number of nitrogens with one attached hydrogen (secondary N) is 1. The van der Waals surface area contributed by atoms with E-state index in [1.165, 1.54) is 6.42 Å². The van der Waals surface area contributed by atoms with Gasteiger partial charge in [0.05, 0.1) is 13.2 Å². The average molecular weight is 249 g/mol. The second-order valence-electron chi connectivity index (χ2n) is 4.88. The van der Waals surface area contributed by atoms with Gasteiger partial charge in [0.1, 0.15) is 5.75 Å². The molecular formula is C15H23NO2. The van der Waals surface area contributed by atoms with E-state index in [1.54, 1.807) is 7.11 Å². The van der Waals surface area contributed by atoms with E-state index in [4.69, 9.17) is 9.47 Å². The summed E-state index contributed by atoms with van der Waals surface area (Å²) in [5, 5.41) is 3.58. The SMILES string of the molecule is CCCC1CC(Nc2cccc(OC)c2)CCO1. The third-order valence-electron chi connectivity index (χ3n) is 3.42. The van der Waals surface area contributed by atoms with Crippen LogP contribution in [-0.2, 0) is 4.74 Å². The summed E-state index contributed by atoms with van der Waals surface area (Å²) in [6, 6.07) is 8.64. The lowest BCUT2D eigenvalue weighted by Gasteiger charge is -2.30. The van der Waals surface area contributed by atoms with E-state index in [0.717, 1.165) is 37.3 Å². The van der Waals surface area contributed by atoms with E-state index in [9.17, 15) is 0 Å². The summed E-state index contributed by atoms with van der Waals surface area (Å²) in [6.07, 6.45) is 4.96. The van der Waals surface area contributed by atoms with Crippen LogP contribution in [0, 0.1) is 0 Å². The van der Waals surface area contributed by atoms with Gasteiger partial charge in [-0.25, -0.2) is 0 Å². The van der Waals surface area contributed by atoms with Crippen molar-refractivity contribution in [2.24, 2.45) is 0 Å². The Morgan fingerprint density at radius 3 is 3.11 bits per heavy atom. The summed E-state index contributed by atoms with van der Waals surface area (Å²) in [6.45, 7) is 3.08. The van der Waals surface area contributed by atoms with Crippen LogP contribution < -0.4 is 10.1 Å². The van der Waals surface area contributed by atoms with E-state index in [1.807, 2.05) is 18.2 Å². The number of benzene rings is 1. The molecule has 3 heteroatoms. The first-order valence-electron chi connectivity index (χ1n) is 6.84. The monoisotopic (exact) mass is 249 g/mol. The van der Waals surface area contributed by atoms with Gasteiger partial charge in [0.25, 0.3) is 0 Å². The highest BCUT2D eigenvalue weighted by atomic mass is 16.5. The molecule has 0 spiro atoms. The molecule has 0 radical (unpaired) electrons. The van der Waals surface area contributed by atoms with Gasteiger partial charge in [0.2, 0.25) is 0 Å². The molecule has 0 aromatic heterocycles. The maximum absolute atomic E-state index is 5.77. The van der Waals surface area contributed by atoms with Gasteiger partial charge in [-0.05, 0) is 31.4 Å². The molecule has 0 saturated carbocycles. The lowest BCUT2D eigenvalue weighted by atomic mass is 10.00. The van der Waals surface area contributed by atoms with Gasteiger partial charge in [0, 0.05) is 24.4 Å². The molecule has 18 heavy (non-hydrogen) atoms. The third-order valence-corrected chi connectivity index (χ3v) is 3.42. The first-order chi connectivity index (χ1) is 8.81. The van der Waals surface area contributed by atoms with Crippen LogP contribution in [0.25, 0.3) is 0 Å². The Balaban J connectivity index is 1.91. The van der Waals surface area contributed by atoms with E-state index >= 15 is 0 Å². The van der Waals surface area contributed by atoms with Crippen LogP contribution in [0.1, 0.15) is 32.6 Å². The van der Waals surface area contributed by atoms with Crippen molar-refractivity contribution in [1.29, 1.82) is 0 Å². The van der Waals surface area contributed by atoms with Gasteiger partial charge in [0.15, 0.2) is 0 Å². The van der Waals surface area contributed by atoms with E-state index in [0.29, 0.717) is 12.1 Å². The molecule has 1 N–H and O–H groups in total. The number of methoxy groups -OCH3 is 1. The zero-order valence-electron chi connectivity index (χ0n) is 11.3. The molecule has 1 aromatic rings. The van der Waals surface area contributed by atoms with Crippen LogP contribution >= 0.6 is 0 Å². The van der Waals surface area contributed by atoms with Gasteiger partial charge in [-0.1, -0.05) is 19.4 Å². The summed E-state index contributed by atoms with van der Waals surface area (Å²) in [7, 11) is 1.70. The summed E-state index contributed by atoms with van der Waals surface area (Å²) in [4.78, 5) is 0. The van der Waals surface area contributed by atoms with Crippen LogP contribution in [0.5, 0.6) is 5.75 Å². The van der Waals surface area contributed by atoms with Gasteiger partial charge >= 0.3 is 0 Å². The highest BCUT2D eigenvalue weighted by molar-refractivity contribution is 5.48. The van der Waals surface area contributed by atoms with Crippen molar-refractivity contribution >= 4 is 5.69 Å². The van der Waals surface area contributed by atoms with E-state index in [-0.39, 0.29) is 0 Å². The fraction of sp³-hybridized carbons (Fsp3) is 0.600. The fourth-order valence-electron chi connectivity index (χ4n) is 2.48. The maximum Gasteiger partial charge on any atom is 0.120 e. The van der Waals surface area contributed by atoms with Crippen molar-refractivity contribution in [3.8, 4) is 5.75 Å². The maximum atomic E-state index is 5.77. The first kappa shape index (κ1) is 13.2. The quantitative estimate of drug-likeness (QED) is 0.867. The molecule has 0 bridgehead atoms. The Labute approximate surface area is 109 Å². The normalized spacial score (nSPS) is 23.7. The molecule has 1 heterocycles. The van der Waals surface area contributed by atoms with Crippen molar-refractivity contribution in [2.75, 3.05) is 19.0 Å². The minimum Gasteiger partial charge on any atom is -0.497 e. The standard InChI is InChI=1S/C15H23NO2/c1-3-5-15-11-13(8-9-18-15)16-12-6-4-7-14(10-12)17-2/h4,6-7,10,13,15-16H,3,5,8-9,11H2,1-2H3. The number of hydrogen-bond donors (Lipinski definition) is 1. The van der Waals surface area contributed by atoms with E-state index < -0.39 is 0 Å². The molecule has 1 fully saturated rings. The van der Waals surface area contributed by atoms with Crippen molar-refractivity contribution in [3.63, 3.8) is 0 Å². The molecule has 1 aliphatic rings. The van der Waals surface area contributed by atoms with Crippen LogP contribution in [0.2, 0.25) is 0 Å². The Bertz CT molecular complexity index is 365. The second kappa shape index (κ2) is 6.64. The fourth-order valence-corrected chi connectivity index (χ4v) is 2.48. The molecule has 1 saturated heterocycles. The van der Waals surface area contributed by atoms with Gasteiger partial charge in [-0.3, -0.25) is 0 Å². The second-order valence-corrected chi connectivity index (χ2v) is 4.88. The smallest absolute Gasteiger partial charge is 0.120 e. The van der Waals surface area contributed by atoms with Crippen molar-refractivity contribution in [2.45, 2.75) is 44.8 Å². The average Bonchev–Trinajstić information content (AvgIpc) is 2.40. The Kier molecular flexibility index (Phi) is 4.88. The predicted octanol–water partition coefficient (Wildman–Crippen LogP) is 3.45. The minimum absolute atomic E-state index is 0.423. The Hall–Kier alpha value is -1.22. The van der Waals surface area contributed by atoms with Crippen LogP contribution in [0.3, 0.4) is 0 Å². The van der Waals surface area contributed by atoms with Crippen LogP contribution in [-0.4, -0.2) is 25.9 Å². The topological polar surface area (TPSA) is 30.5 Å². The molecule has 3 nitrogen and oxygen atoms in total. The number of hydrogen-bond acceptors (Lipinski definition) is 3. The minimum atomic E-state index is 0.423. The number of anilines is 1. The third kappa shape index (κ3) is 3.64. The van der Waals surface area contributed by atoms with Crippen molar-refractivity contribution < 1.29 is 9.47 Å². The summed E-state index contributed by atoms with van der Waals surface area (Å²) >= 11 is 0. The van der Waals surface area contributed by atoms with Crippen LogP contribution in [0.4, 0.5) is 5.69 Å². The predicted molar refractivity (Wildman–Crippen MR) is 74.3 cm³/mol. The van der Waals surface area contributed by atoms with Gasteiger partial charge < -0.3 is 14.8 Å². The van der Waals surface area contributed by atoms with Gasteiger partial charge in [-0.15, -0.1) is 0 Å². The zero-order chi connectivity index (χ0) is 12.8. The van der Waals surface area contributed by atoms with E-state index in [2.05, 4.69) is 18.3 Å².